The van der Waals surface area contributed by atoms with Crippen LogP contribution in [0.5, 0.6) is 0 Å². The van der Waals surface area contributed by atoms with Gasteiger partial charge in [0.25, 0.3) is 5.89 Å². The second-order valence-corrected chi connectivity index (χ2v) is 6.94. The molecule has 3 aromatic rings. The van der Waals surface area contributed by atoms with Crippen LogP contribution in [-0.2, 0) is 24.3 Å². The SMILES string of the molecule is COCc1ccc(-c2nc(-c3c(C)ncc4c3CCNC4)no2)s1. The predicted molar refractivity (Wildman–Crippen MR) is 91.7 cm³/mol. The van der Waals surface area contributed by atoms with Gasteiger partial charge in [-0.15, -0.1) is 11.3 Å². The third-order valence-corrected chi connectivity index (χ3v) is 5.19. The lowest BCUT2D eigenvalue weighted by molar-refractivity contribution is 0.187. The van der Waals surface area contributed by atoms with E-state index in [1.807, 2.05) is 25.3 Å². The number of fused-ring (bicyclic) bond motifs is 1. The second kappa shape index (κ2) is 6.43. The summed E-state index contributed by atoms with van der Waals surface area (Å²) in [7, 11) is 1.69. The van der Waals surface area contributed by atoms with Crippen LogP contribution in [0.2, 0.25) is 0 Å². The molecule has 4 heterocycles. The third-order valence-electron chi connectivity index (χ3n) is 4.14. The molecule has 0 radical (unpaired) electrons. The Bertz CT molecular complexity index is 871. The van der Waals surface area contributed by atoms with E-state index in [9.17, 15) is 0 Å². The van der Waals surface area contributed by atoms with Gasteiger partial charge in [-0.25, -0.2) is 0 Å². The maximum absolute atomic E-state index is 5.51. The summed E-state index contributed by atoms with van der Waals surface area (Å²) >= 11 is 1.61. The van der Waals surface area contributed by atoms with Crippen LogP contribution in [0.3, 0.4) is 0 Å². The van der Waals surface area contributed by atoms with Crippen molar-refractivity contribution in [2.45, 2.75) is 26.5 Å². The summed E-state index contributed by atoms with van der Waals surface area (Å²) in [5, 5.41) is 7.59. The van der Waals surface area contributed by atoms with Crippen molar-refractivity contribution in [2.75, 3.05) is 13.7 Å². The van der Waals surface area contributed by atoms with E-state index in [-0.39, 0.29) is 0 Å². The molecule has 24 heavy (non-hydrogen) atoms. The van der Waals surface area contributed by atoms with Crippen LogP contribution in [0.4, 0.5) is 0 Å². The molecule has 1 aliphatic heterocycles. The number of ether oxygens (including phenoxy) is 1. The van der Waals surface area contributed by atoms with Crippen molar-refractivity contribution in [1.82, 2.24) is 20.4 Å². The Balaban J connectivity index is 1.72. The average Bonchev–Trinajstić information content (AvgIpc) is 3.24. The lowest BCUT2D eigenvalue weighted by atomic mass is 9.95. The van der Waals surface area contributed by atoms with Gasteiger partial charge in [0.05, 0.1) is 11.5 Å². The van der Waals surface area contributed by atoms with Crippen molar-refractivity contribution < 1.29 is 9.26 Å². The highest BCUT2D eigenvalue weighted by molar-refractivity contribution is 7.15. The molecule has 124 valence electrons. The van der Waals surface area contributed by atoms with Crippen molar-refractivity contribution >= 4 is 11.3 Å². The highest BCUT2D eigenvalue weighted by Crippen LogP contribution is 2.32. The van der Waals surface area contributed by atoms with E-state index in [2.05, 4.69) is 20.4 Å². The first-order chi connectivity index (χ1) is 11.8. The molecule has 0 unspecified atom stereocenters. The maximum Gasteiger partial charge on any atom is 0.268 e. The van der Waals surface area contributed by atoms with Gasteiger partial charge in [-0.1, -0.05) is 5.16 Å². The number of pyridine rings is 1. The number of nitrogens with one attached hydrogen (secondary N) is 1. The highest BCUT2D eigenvalue weighted by atomic mass is 32.1. The van der Waals surface area contributed by atoms with E-state index in [1.54, 1.807) is 18.4 Å². The van der Waals surface area contributed by atoms with Gasteiger partial charge in [0.15, 0.2) is 0 Å². The minimum absolute atomic E-state index is 0.545. The first-order valence-corrected chi connectivity index (χ1v) is 8.68. The average molecular weight is 342 g/mol. The van der Waals surface area contributed by atoms with Crippen molar-refractivity contribution in [3.63, 3.8) is 0 Å². The summed E-state index contributed by atoms with van der Waals surface area (Å²) in [6.45, 7) is 4.38. The first-order valence-electron chi connectivity index (χ1n) is 7.86. The molecule has 0 amide bonds. The Kier molecular flexibility index (Phi) is 4.13. The summed E-state index contributed by atoms with van der Waals surface area (Å²) < 4.78 is 10.7. The second-order valence-electron chi connectivity index (χ2n) is 5.77. The van der Waals surface area contributed by atoms with Crippen LogP contribution in [-0.4, -0.2) is 28.8 Å². The molecule has 1 N–H and O–H groups in total. The van der Waals surface area contributed by atoms with Gasteiger partial charge in [0.2, 0.25) is 5.82 Å². The monoisotopic (exact) mass is 342 g/mol. The zero-order valence-corrected chi connectivity index (χ0v) is 14.4. The van der Waals surface area contributed by atoms with E-state index in [0.717, 1.165) is 40.5 Å². The maximum atomic E-state index is 5.51. The number of thiophene rings is 1. The molecule has 0 fully saturated rings. The van der Waals surface area contributed by atoms with Crippen LogP contribution in [0, 0.1) is 6.92 Å². The summed E-state index contributed by atoms with van der Waals surface area (Å²) in [6, 6.07) is 4.02. The molecule has 0 bridgehead atoms. The molecule has 6 nitrogen and oxygen atoms in total. The van der Waals surface area contributed by atoms with Crippen molar-refractivity contribution in [3.8, 4) is 22.2 Å². The van der Waals surface area contributed by atoms with Gasteiger partial charge < -0.3 is 14.6 Å². The van der Waals surface area contributed by atoms with Gasteiger partial charge in [-0.3, -0.25) is 4.98 Å². The zero-order valence-electron chi connectivity index (χ0n) is 13.6. The number of nitrogens with zero attached hydrogens (tertiary/aromatic N) is 3. The van der Waals surface area contributed by atoms with Crippen molar-refractivity contribution in [2.24, 2.45) is 0 Å². The molecular formula is C17H18N4O2S. The fraction of sp³-hybridized carbons (Fsp3) is 0.353. The Morgan fingerprint density at radius 1 is 1.38 bits per heavy atom. The largest absolute Gasteiger partial charge is 0.379 e. The van der Waals surface area contributed by atoms with Crippen LogP contribution < -0.4 is 5.32 Å². The fourth-order valence-electron chi connectivity index (χ4n) is 3.01. The number of rotatable bonds is 4. The molecule has 4 rings (SSSR count). The Labute approximate surface area is 143 Å². The molecular weight excluding hydrogens is 324 g/mol. The standard InChI is InChI=1S/C17H18N4O2S/c1-10-15(13-5-6-18-7-11(13)8-19-10)16-20-17(23-21-16)14-4-3-12(24-14)9-22-2/h3-4,8,18H,5-7,9H2,1-2H3. The summed E-state index contributed by atoms with van der Waals surface area (Å²) in [5.74, 6) is 1.17. The molecule has 0 saturated heterocycles. The lowest BCUT2D eigenvalue weighted by Gasteiger charge is -2.19. The smallest absolute Gasteiger partial charge is 0.268 e. The molecule has 3 aromatic heterocycles. The highest BCUT2D eigenvalue weighted by Gasteiger charge is 2.21. The zero-order chi connectivity index (χ0) is 16.5. The Morgan fingerprint density at radius 2 is 2.29 bits per heavy atom. The van der Waals surface area contributed by atoms with Crippen molar-refractivity contribution in [3.05, 3.63) is 40.0 Å². The van der Waals surface area contributed by atoms with Crippen LogP contribution >= 0.6 is 11.3 Å². The molecule has 7 heteroatoms. The topological polar surface area (TPSA) is 73.1 Å². The molecule has 0 saturated carbocycles. The van der Waals surface area contributed by atoms with Gasteiger partial charge >= 0.3 is 0 Å². The predicted octanol–water partition coefficient (Wildman–Crippen LogP) is 2.96. The number of aryl methyl sites for hydroxylation is 1. The van der Waals surface area contributed by atoms with Crippen molar-refractivity contribution in [1.29, 1.82) is 0 Å². The number of hydrogen-bond acceptors (Lipinski definition) is 7. The molecule has 0 atom stereocenters. The van der Waals surface area contributed by atoms with E-state index in [4.69, 9.17) is 9.26 Å². The first kappa shape index (κ1) is 15.4. The van der Waals surface area contributed by atoms with E-state index >= 15 is 0 Å². The minimum atomic E-state index is 0.545. The van der Waals surface area contributed by atoms with E-state index < -0.39 is 0 Å². The molecule has 0 spiro atoms. The summed E-state index contributed by atoms with van der Waals surface area (Å²) in [4.78, 5) is 11.2. The number of hydrogen-bond donors (Lipinski definition) is 1. The normalized spacial score (nSPS) is 13.9. The Morgan fingerprint density at radius 3 is 3.17 bits per heavy atom. The van der Waals surface area contributed by atoms with Gasteiger partial charge in [-0.2, -0.15) is 4.98 Å². The van der Waals surface area contributed by atoms with Crippen LogP contribution in [0.15, 0.2) is 22.9 Å². The summed E-state index contributed by atoms with van der Waals surface area (Å²) in [6.07, 6.45) is 2.90. The third kappa shape index (κ3) is 2.75. The minimum Gasteiger partial charge on any atom is -0.379 e. The summed E-state index contributed by atoms with van der Waals surface area (Å²) in [5.41, 5.74) is 4.44. The van der Waals surface area contributed by atoms with E-state index in [1.165, 1.54) is 11.1 Å². The molecule has 1 aliphatic rings. The Hall–Kier alpha value is -2.09. The van der Waals surface area contributed by atoms with Crippen LogP contribution in [0.1, 0.15) is 21.7 Å². The van der Waals surface area contributed by atoms with Gasteiger partial charge in [0, 0.05) is 36.0 Å². The van der Waals surface area contributed by atoms with Gasteiger partial charge in [-0.05, 0) is 43.1 Å². The number of methoxy groups -OCH3 is 1. The molecule has 0 aromatic carbocycles. The van der Waals surface area contributed by atoms with Gasteiger partial charge in [0.1, 0.15) is 0 Å². The van der Waals surface area contributed by atoms with Crippen LogP contribution in [0.25, 0.3) is 22.2 Å². The molecule has 0 aliphatic carbocycles. The van der Waals surface area contributed by atoms with E-state index in [0.29, 0.717) is 18.3 Å². The fourth-order valence-corrected chi connectivity index (χ4v) is 3.91. The number of aromatic nitrogens is 3. The quantitative estimate of drug-likeness (QED) is 0.786. The lowest BCUT2D eigenvalue weighted by Crippen LogP contribution is -2.24.